The molecular formula is C19H18N4O6S. The summed E-state index contributed by atoms with van der Waals surface area (Å²) in [6.07, 6.45) is 3.01. The first-order chi connectivity index (χ1) is 14.3. The molecule has 11 heteroatoms. The van der Waals surface area contributed by atoms with Crippen molar-refractivity contribution < 1.29 is 22.9 Å². The van der Waals surface area contributed by atoms with Crippen LogP contribution in [0.25, 0.3) is 10.9 Å². The third kappa shape index (κ3) is 3.89. The molecule has 1 amide bonds. The Labute approximate surface area is 171 Å². The second-order valence-electron chi connectivity index (χ2n) is 6.89. The normalized spacial score (nSPS) is 15.2. The average Bonchev–Trinajstić information content (AvgIpc) is 3.18. The molecule has 1 aliphatic rings. The molecule has 1 saturated heterocycles. The molecule has 2 aromatic carbocycles. The Balaban J connectivity index is 1.73. The number of hydrogen-bond donors (Lipinski definition) is 1. The van der Waals surface area contributed by atoms with Crippen molar-refractivity contribution in [3.63, 3.8) is 0 Å². The fourth-order valence-electron chi connectivity index (χ4n) is 3.37. The minimum Gasteiger partial charge on any atom is -0.381 e. The van der Waals surface area contributed by atoms with Gasteiger partial charge in [0, 0.05) is 36.4 Å². The number of amides is 1. The topological polar surface area (TPSA) is 133 Å². The van der Waals surface area contributed by atoms with Gasteiger partial charge in [0.2, 0.25) is 0 Å². The Kier molecular flexibility index (Phi) is 5.22. The molecule has 156 valence electrons. The number of carbonyl (C=O) groups is 1. The lowest BCUT2D eigenvalue weighted by Gasteiger charge is -2.22. The van der Waals surface area contributed by atoms with Crippen LogP contribution < -0.4 is 4.72 Å². The van der Waals surface area contributed by atoms with Crippen molar-refractivity contribution in [2.45, 2.75) is 23.8 Å². The van der Waals surface area contributed by atoms with E-state index in [9.17, 15) is 23.3 Å². The van der Waals surface area contributed by atoms with Gasteiger partial charge in [0.1, 0.15) is 0 Å². The number of aromatic nitrogens is 2. The van der Waals surface area contributed by atoms with Gasteiger partial charge in [-0.25, -0.2) is 13.1 Å². The largest absolute Gasteiger partial charge is 0.381 e. The van der Waals surface area contributed by atoms with Crippen LogP contribution in [0, 0.1) is 10.1 Å². The van der Waals surface area contributed by atoms with Crippen LogP contribution in [0.2, 0.25) is 0 Å². The fourth-order valence-corrected chi connectivity index (χ4v) is 4.40. The van der Waals surface area contributed by atoms with Crippen LogP contribution in [-0.4, -0.2) is 42.2 Å². The zero-order valence-electron chi connectivity index (χ0n) is 15.7. The number of carbonyl (C=O) groups excluding carboxylic acids is 1. The molecule has 0 aliphatic carbocycles. The highest BCUT2D eigenvalue weighted by Gasteiger charge is 2.26. The van der Waals surface area contributed by atoms with Gasteiger partial charge < -0.3 is 4.74 Å². The molecule has 1 aliphatic heterocycles. The summed E-state index contributed by atoms with van der Waals surface area (Å²) in [7, 11) is -4.33. The molecule has 1 N–H and O–H groups in total. The average molecular weight is 430 g/mol. The number of rotatable bonds is 5. The molecule has 0 radical (unpaired) electrons. The van der Waals surface area contributed by atoms with Crippen molar-refractivity contribution >= 4 is 32.5 Å². The van der Waals surface area contributed by atoms with Crippen molar-refractivity contribution in [2.75, 3.05) is 13.2 Å². The van der Waals surface area contributed by atoms with E-state index in [1.807, 2.05) is 4.72 Å². The minimum atomic E-state index is -4.33. The molecule has 10 nitrogen and oxygen atoms in total. The lowest BCUT2D eigenvalue weighted by molar-refractivity contribution is -0.383. The highest BCUT2D eigenvalue weighted by molar-refractivity contribution is 7.90. The summed E-state index contributed by atoms with van der Waals surface area (Å²) in [5, 5.41) is 16.2. The summed E-state index contributed by atoms with van der Waals surface area (Å²) in [6, 6.07) is 10.0. The second-order valence-corrected chi connectivity index (χ2v) is 8.57. The summed E-state index contributed by atoms with van der Waals surface area (Å²) in [6.45, 7) is 1.13. The van der Waals surface area contributed by atoms with Crippen LogP contribution in [0.15, 0.2) is 53.6 Å². The zero-order valence-corrected chi connectivity index (χ0v) is 16.5. The van der Waals surface area contributed by atoms with E-state index in [1.165, 1.54) is 18.2 Å². The van der Waals surface area contributed by atoms with Gasteiger partial charge in [-0.05, 0) is 31.0 Å². The second kappa shape index (κ2) is 7.84. The number of hydrogen-bond acceptors (Lipinski definition) is 7. The minimum absolute atomic E-state index is 0.0172. The molecule has 30 heavy (non-hydrogen) atoms. The van der Waals surface area contributed by atoms with E-state index >= 15 is 0 Å². The lowest BCUT2D eigenvalue weighted by Crippen LogP contribution is -2.30. The Hall–Kier alpha value is -3.31. The summed E-state index contributed by atoms with van der Waals surface area (Å²) >= 11 is 0. The first-order valence-corrected chi connectivity index (χ1v) is 10.7. The summed E-state index contributed by atoms with van der Waals surface area (Å²) in [5.74, 6) is -0.823. The third-order valence-corrected chi connectivity index (χ3v) is 6.23. The maximum absolute atomic E-state index is 12.7. The number of sulfonamides is 1. The van der Waals surface area contributed by atoms with Gasteiger partial charge in [0.15, 0.2) is 5.52 Å². The highest BCUT2D eigenvalue weighted by Crippen LogP contribution is 2.31. The van der Waals surface area contributed by atoms with Gasteiger partial charge in [-0.15, -0.1) is 0 Å². The van der Waals surface area contributed by atoms with Gasteiger partial charge in [-0.3, -0.25) is 19.6 Å². The smallest absolute Gasteiger partial charge is 0.298 e. The van der Waals surface area contributed by atoms with Crippen molar-refractivity contribution in [1.29, 1.82) is 0 Å². The number of nitro groups is 1. The maximum Gasteiger partial charge on any atom is 0.298 e. The molecule has 1 aromatic heterocycles. The molecular weight excluding hydrogens is 412 g/mol. The number of nitrogens with one attached hydrogen (secondary N) is 1. The fraction of sp³-hybridized carbons (Fsp3) is 0.263. The molecule has 0 unspecified atom stereocenters. The van der Waals surface area contributed by atoms with Crippen LogP contribution in [0.5, 0.6) is 0 Å². The Bertz CT molecular complexity index is 1220. The van der Waals surface area contributed by atoms with E-state index in [-0.39, 0.29) is 22.0 Å². The summed E-state index contributed by atoms with van der Waals surface area (Å²) < 4.78 is 34.4. The Morgan fingerprint density at radius 1 is 1.20 bits per heavy atom. The van der Waals surface area contributed by atoms with Crippen LogP contribution in [0.3, 0.4) is 0 Å². The third-order valence-electron chi connectivity index (χ3n) is 4.91. The Morgan fingerprint density at radius 3 is 2.57 bits per heavy atom. The molecule has 2 heterocycles. The summed E-state index contributed by atoms with van der Waals surface area (Å²) in [5.41, 5.74) is -0.185. The van der Waals surface area contributed by atoms with Gasteiger partial charge in [-0.1, -0.05) is 18.2 Å². The van der Waals surface area contributed by atoms with Crippen molar-refractivity contribution in [1.82, 2.24) is 14.5 Å². The predicted octanol–water partition coefficient (Wildman–Crippen LogP) is 2.41. The van der Waals surface area contributed by atoms with E-state index in [0.29, 0.717) is 31.4 Å². The molecule has 4 rings (SSSR count). The number of benzene rings is 2. The van der Waals surface area contributed by atoms with E-state index in [2.05, 4.69) is 5.10 Å². The predicted molar refractivity (Wildman–Crippen MR) is 107 cm³/mol. The van der Waals surface area contributed by atoms with Crippen LogP contribution in [0.4, 0.5) is 5.69 Å². The molecule has 3 aromatic rings. The highest BCUT2D eigenvalue weighted by atomic mass is 32.2. The van der Waals surface area contributed by atoms with Crippen LogP contribution in [0.1, 0.15) is 29.2 Å². The molecule has 1 fully saturated rings. The SMILES string of the molecule is O=C(NS(=O)(=O)c1cc([N+](=O)[O-])c2nn(C3CCOCC3)cc2c1)c1ccccc1. The van der Waals surface area contributed by atoms with Gasteiger partial charge in [0.05, 0.1) is 15.9 Å². The Morgan fingerprint density at radius 2 is 1.90 bits per heavy atom. The first kappa shape index (κ1) is 20.0. The molecule has 0 bridgehead atoms. The van der Waals surface area contributed by atoms with E-state index in [0.717, 1.165) is 6.07 Å². The van der Waals surface area contributed by atoms with E-state index in [4.69, 9.17) is 4.74 Å². The molecule has 0 atom stereocenters. The number of non-ortho nitro benzene ring substituents is 1. The maximum atomic E-state index is 12.7. The number of fused-ring (bicyclic) bond motifs is 1. The lowest BCUT2D eigenvalue weighted by atomic mass is 10.1. The van der Waals surface area contributed by atoms with Crippen LogP contribution >= 0.6 is 0 Å². The number of nitrogens with zero attached hydrogens (tertiary/aromatic N) is 3. The van der Waals surface area contributed by atoms with E-state index < -0.39 is 26.5 Å². The van der Waals surface area contributed by atoms with Gasteiger partial charge in [0.25, 0.3) is 21.6 Å². The first-order valence-electron chi connectivity index (χ1n) is 9.22. The van der Waals surface area contributed by atoms with Gasteiger partial charge >= 0.3 is 0 Å². The van der Waals surface area contributed by atoms with Crippen molar-refractivity contribution in [3.8, 4) is 0 Å². The summed E-state index contributed by atoms with van der Waals surface area (Å²) in [4.78, 5) is 22.8. The van der Waals surface area contributed by atoms with E-state index in [1.54, 1.807) is 29.1 Å². The standard InChI is InChI=1S/C19H18N4O6S/c24-19(13-4-2-1-3-5-13)21-30(27,28)16-10-14-12-22(15-6-8-29-9-7-15)20-18(14)17(11-16)23(25)26/h1-5,10-12,15H,6-9H2,(H,21,24). The number of ether oxygens (including phenoxy) is 1. The quantitative estimate of drug-likeness (QED) is 0.485. The number of nitro benzene ring substituents is 1. The van der Waals surface area contributed by atoms with Crippen molar-refractivity contribution in [3.05, 3.63) is 64.3 Å². The zero-order chi connectivity index (χ0) is 21.3. The van der Waals surface area contributed by atoms with Crippen molar-refractivity contribution in [2.24, 2.45) is 0 Å². The van der Waals surface area contributed by atoms with Gasteiger partial charge in [-0.2, -0.15) is 5.10 Å². The molecule has 0 saturated carbocycles. The monoisotopic (exact) mass is 430 g/mol. The molecule has 0 spiro atoms. The van der Waals surface area contributed by atoms with Crippen LogP contribution in [-0.2, 0) is 14.8 Å².